The standard InChI is InChI=1S/C19H21FN4O2/c20-15-3-1-4-16(9-15)23-17-10-19(26-12-17)6-2-8-24(13-19)18(25)14-5-7-21-22-11-14/h1,3-5,7,9,11,17,23H,2,6,8,10,12-13H2/t17-,19+/m0/s1. The molecule has 0 radical (unpaired) electrons. The summed E-state index contributed by atoms with van der Waals surface area (Å²) in [5, 5.41) is 10.8. The number of carbonyl (C=O) groups excluding carboxylic acids is 1. The highest BCUT2D eigenvalue weighted by Crippen LogP contribution is 2.36. The Labute approximate surface area is 151 Å². The van der Waals surface area contributed by atoms with Crippen LogP contribution >= 0.6 is 0 Å². The maximum absolute atomic E-state index is 13.4. The minimum absolute atomic E-state index is 0.0379. The third kappa shape index (κ3) is 3.53. The molecule has 1 aromatic carbocycles. The predicted octanol–water partition coefficient (Wildman–Crippen LogP) is 2.49. The van der Waals surface area contributed by atoms with Crippen molar-refractivity contribution in [2.24, 2.45) is 0 Å². The van der Waals surface area contributed by atoms with E-state index in [1.54, 1.807) is 12.1 Å². The zero-order chi connectivity index (χ0) is 18.0. The van der Waals surface area contributed by atoms with Gasteiger partial charge in [0.15, 0.2) is 0 Å². The molecule has 2 aromatic rings. The van der Waals surface area contributed by atoms with E-state index in [-0.39, 0.29) is 23.4 Å². The second-order valence-corrected chi connectivity index (χ2v) is 7.01. The van der Waals surface area contributed by atoms with Gasteiger partial charge in [-0.3, -0.25) is 4.79 Å². The van der Waals surface area contributed by atoms with Gasteiger partial charge in [0.25, 0.3) is 5.91 Å². The van der Waals surface area contributed by atoms with Crippen molar-refractivity contribution in [2.75, 3.05) is 25.0 Å². The van der Waals surface area contributed by atoms with Gasteiger partial charge in [0.05, 0.1) is 42.8 Å². The number of hydrogen-bond donors (Lipinski definition) is 1. The van der Waals surface area contributed by atoms with Crippen molar-refractivity contribution in [3.8, 4) is 0 Å². The highest BCUT2D eigenvalue weighted by atomic mass is 19.1. The molecule has 0 saturated carbocycles. The molecular weight excluding hydrogens is 335 g/mol. The number of likely N-dealkylation sites (tertiary alicyclic amines) is 1. The number of piperidine rings is 1. The van der Waals surface area contributed by atoms with E-state index in [9.17, 15) is 9.18 Å². The molecular formula is C19H21FN4O2. The lowest BCUT2D eigenvalue weighted by Gasteiger charge is -2.39. The molecule has 2 saturated heterocycles. The lowest BCUT2D eigenvalue weighted by atomic mass is 9.88. The van der Waals surface area contributed by atoms with Gasteiger partial charge in [-0.25, -0.2) is 4.39 Å². The molecule has 2 aliphatic heterocycles. The fraction of sp³-hybridized carbons (Fsp3) is 0.421. The minimum atomic E-state index is -0.334. The average molecular weight is 356 g/mol. The van der Waals surface area contributed by atoms with Crippen molar-refractivity contribution in [3.05, 3.63) is 54.1 Å². The molecule has 7 heteroatoms. The molecule has 2 atom stereocenters. The van der Waals surface area contributed by atoms with E-state index in [4.69, 9.17) is 4.74 Å². The number of nitrogens with zero attached hydrogens (tertiary/aromatic N) is 3. The van der Waals surface area contributed by atoms with Gasteiger partial charge in [-0.2, -0.15) is 10.2 Å². The van der Waals surface area contributed by atoms with E-state index in [0.717, 1.165) is 24.9 Å². The molecule has 0 unspecified atom stereocenters. The highest BCUT2D eigenvalue weighted by molar-refractivity contribution is 5.93. The van der Waals surface area contributed by atoms with Crippen LogP contribution in [0.25, 0.3) is 0 Å². The van der Waals surface area contributed by atoms with Crippen molar-refractivity contribution in [1.82, 2.24) is 15.1 Å². The number of halogens is 1. The van der Waals surface area contributed by atoms with Gasteiger partial charge >= 0.3 is 0 Å². The summed E-state index contributed by atoms with van der Waals surface area (Å²) in [4.78, 5) is 14.5. The molecule has 4 rings (SSSR count). The fourth-order valence-corrected chi connectivity index (χ4v) is 3.91. The van der Waals surface area contributed by atoms with Crippen molar-refractivity contribution < 1.29 is 13.9 Å². The summed E-state index contributed by atoms with van der Waals surface area (Å²) >= 11 is 0. The number of hydrogen-bond acceptors (Lipinski definition) is 5. The normalized spacial score (nSPS) is 25.4. The average Bonchev–Trinajstić information content (AvgIpc) is 3.03. The van der Waals surface area contributed by atoms with Gasteiger partial charge in [0.1, 0.15) is 5.82 Å². The Balaban J connectivity index is 1.42. The summed E-state index contributed by atoms with van der Waals surface area (Å²) in [5.41, 5.74) is 0.964. The van der Waals surface area contributed by atoms with Crippen LogP contribution in [0.15, 0.2) is 42.7 Å². The number of carbonyl (C=O) groups is 1. The van der Waals surface area contributed by atoms with Crippen LogP contribution < -0.4 is 5.32 Å². The van der Waals surface area contributed by atoms with Gasteiger partial charge in [-0.15, -0.1) is 0 Å². The molecule has 0 aliphatic carbocycles. The lowest BCUT2D eigenvalue weighted by molar-refractivity contribution is -0.0447. The molecule has 1 spiro atoms. The molecule has 26 heavy (non-hydrogen) atoms. The molecule has 6 nitrogen and oxygen atoms in total. The predicted molar refractivity (Wildman–Crippen MR) is 94.3 cm³/mol. The van der Waals surface area contributed by atoms with Crippen LogP contribution in [0.3, 0.4) is 0 Å². The fourth-order valence-electron chi connectivity index (χ4n) is 3.91. The number of benzene rings is 1. The van der Waals surface area contributed by atoms with Crippen LogP contribution in [0.2, 0.25) is 0 Å². The summed E-state index contributed by atoms with van der Waals surface area (Å²) in [5.74, 6) is -0.298. The number of nitrogens with one attached hydrogen (secondary N) is 1. The number of aromatic nitrogens is 2. The number of anilines is 1. The number of ether oxygens (including phenoxy) is 1. The number of rotatable bonds is 3. The van der Waals surface area contributed by atoms with Gasteiger partial charge in [0.2, 0.25) is 0 Å². The monoisotopic (exact) mass is 356 g/mol. The van der Waals surface area contributed by atoms with E-state index < -0.39 is 0 Å². The summed E-state index contributed by atoms with van der Waals surface area (Å²) in [6.45, 7) is 1.83. The van der Waals surface area contributed by atoms with Gasteiger partial charge in [-0.05, 0) is 37.1 Å². The van der Waals surface area contributed by atoms with E-state index in [0.29, 0.717) is 25.3 Å². The molecule has 1 N–H and O–H groups in total. The van der Waals surface area contributed by atoms with E-state index >= 15 is 0 Å². The molecule has 2 aliphatic rings. The van der Waals surface area contributed by atoms with E-state index in [2.05, 4.69) is 15.5 Å². The van der Waals surface area contributed by atoms with Crippen molar-refractivity contribution in [2.45, 2.75) is 30.9 Å². The maximum atomic E-state index is 13.4. The first-order chi connectivity index (χ1) is 12.6. The highest BCUT2D eigenvalue weighted by Gasteiger charge is 2.44. The third-order valence-electron chi connectivity index (χ3n) is 5.06. The Morgan fingerprint density at radius 3 is 3.08 bits per heavy atom. The van der Waals surface area contributed by atoms with Crippen LogP contribution in [0.1, 0.15) is 29.6 Å². The van der Waals surface area contributed by atoms with Crippen LogP contribution in [0.5, 0.6) is 0 Å². The Bertz CT molecular complexity index is 788. The second-order valence-electron chi connectivity index (χ2n) is 7.01. The summed E-state index contributed by atoms with van der Waals surface area (Å²) in [6, 6.07) is 8.23. The number of amides is 1. The molecule has 136 valence electrons. The quantitative estimate of drug-likeness (QED) is 0.915. The summed E-state index contributed by atoms with van der Waals surface area (Å²) in [6.07, 6.45) is 5.64. The molecule has 1 amide bonds. The first kappa shape index (κ1) is 16.9. The van der Waals surface area contributed by atoms with E-state index in [1.165, 1.54) is 24.5 Å². The summed E-state index contributed by atoms with van der Waals surface area (Å²) in [7, 11) is 0. The van der Waals surface area contributed by atoms with Crippen LogP contribution in [-0.4, -0.2) is 52.3 Å². The Morgan fingerprint density at radius 2 is 2.27 bits per heavy atom. The van der Waals surface area contributed by atoms with Crippen molar-refractivity contribution in [3.63, 3.8) is 0 Å². The maximum Gasteiger partial charge on any atom is 0.255 e. The van der Waals surface area contributed by atoms with Crippen molar-refractivity contribution >= 4 is 11.6 Å². The van der Waals surface area contributed by atoms with Crippen LogP contribution in [0.4, 0.5) is 10.1 Å². The Morgan fingerprint density at radius 1 is 1.35 bits per heavy atom. The van der Waals surface area contributed by atoms with E-state index in [1.807, 2.05) is 11.0 Å². The minimum Gasteiger partial charge on any atom is -0.380 e. The Kier molecular flexibility index (Phi) is 4.55. The van der Waals surface area contributed by atoms with Crippen molar-refractivity contribution in [1.29, 1.82) is 0 Å². The SMILES string of the molecule is O=C(c1ccnnc1)N1CCC[C@@]2(C[C@H](Nc3cccc(F)c3)CO2)C1. The van der Waals surface area contributed by atoms with Gasteiger partial charge in [-0.1, -0.05) is 6.07 Å². The third-order valence-corrected chi connectivity index (χ3v) is 5.06. The first-order valence-electron chi connectivity index (χ1n) is 8.86. The molecule has 0 bridgehead atoms. The molecule has 1 aromatic heterocycles. The largest absolute Gasteiger partial charge is 0.380 e. The zero-order valence-corrected chi connectivity index (χ0v) is 14.4. The Hall–Kier alpha value is -2.54. The lowest BCUT2D eigenvalue weighted by Crippen LogP contribution is -2.50. The van der Waals surface area contributed by atoms with Crippen LogP contribution in [-0.2, 0) is 4.74 Å². The second kappa shape index (κ2) is 6.99. The van der Waals surface area contributed by atoms with Gasteiger partial charge < -0.3 is 15.0 Å². The van der Waals surface area contributed by atoms with Gasteiger partial charge in [0, 0.05) is 18.7 Å². The zero-order valence-electron chi connectivity index (χ0n) is 14.4. The smallest absolute Gasteiger partial charge is 0.255 e. The van der Waals surface area contributed by atoms with Crippen LogP contribution in [0, 0.1) is 5.82 Å². The molecule has 2 fully saturated rings. The first-order valence-corrected chi connectivity index (χ1v) is 8.86. The molecule has 3 heterocycles. The summed E-state index contributed by atoms with van der Waals surface area (Å²) < 4.78 is 19.5. The topological polar surface area (TPSA) is 67.4 Å².